The monoisotopic (exact) mass is 370 g/mol. The van der Waals surface area contributed by atoms with Crippen molar-refractivity contribution in [3.63, 3.8) is 0 Å². The number of allylic oxidation sites excluding steroid dienone is 3. The Morgan fingerprint density at radius 3 is 2.85 bits per heavy atom. The second-order valence-electron chi connectivity index (χ2n) is 6.84. The summed E-state index contributed by atoms with van der Waals surface area (Å²) in [7, 11) is 1.44. The second kappa shape index (κ2) is 7.65. The topological polar surface area (TPSA) is 111 Å². The number of aromatic nitrogens is 5. The summed E-state index contributed by atoms with van der Waals surface area (Å²) >= 11 is 0. The molecular formula is C18H22N6O3. The lowest BCUT2D eigenvalue weighted by atomic mass is 9.84. The van der Waals surface area contributed by atoms with E-state index in [1.807, 2.05) is 6.92 Å². The van der Waals surface area contributed by atoms with Crippen LogP contribution in [-0.4, -0.2) is 36.2 Å². The van der Waals surface area contributed by atoms with Crippen molar-refractivity contribution < 1.29 is 9.59 Å². The Morgan fingerprint density at radius 1 is 1.41 bits per heavy atom. The van der Waals surface area contributed by atoms with Crippen molar-refractivity contribution in [2.24, 2.45) is 13.0 Å². The van der Waals surface area contributed by atoms with Gasteiger partial charge in [-0.1, -0.05) is 29.0 Å². The molecule has 0 spiro atoms. The lowest BCUT2D eigenvalue weighted by molar-refractivity contribution is -0.120. The smallest absolute Gasteiger partial charge is 0.291 e. The number of carbonyl (C=O) groups excluding carboxylic acids is 2. The van der Waals surface area contributed by atoms with Crippen LogP contribution in [0.4, 0.5) is 0 Å². The Hall–Kier alpha value is -3.10. The summed E-state index contributed by atoms with van der Waals surface area (Å²) in [5.41, 5.74) is 1.87. The quantitative estimate of drug-likeness (QED) is 0.791. The van der Waals surface area contributed by atoms with E-state index in [0.29, 0.717) is 12.3 Å². The number of imidazole rings is 1. The zero-order chi connectivity index (χ0) is 19.6. The number of nitrogens with one attached hydrogen (secondary N) is 1. The zero-order valence-corrected chi connectivity index (χ0v) is 15.4. The van der Waals surface area contributed by atoms with E-state index in [1.54, 1.807) is 0 Å². The summed E-state index contributed by atoms with van der Waals surface area (Å²) in [6, 6.07) is 0. The molecule has 0 radical (unpaired) electrons. The predicted molar refractivity (Wildman–Crippen MR) is 98.0 cm³/mol. The minimum atomic E-state index is -0.690. The van der Waals surface area contributed by atoms with Gasteiger partial charge in [0.25, 0.3) is 5.91 Å². The molecule has 2 heterocycles. The molecule has 0 saturated heterocycles. The van der Waals surface area contributed by atoms with Crippen molar-refractivity contribution in [2.45, 2.75) is 39.0 Å². The van der Waals surface area contributed by atoms with Crippen molar-refractivity contribution in [3.8, 4) is 0 Å². The van der Waals surface area contributed by atoms with Crippen molar-refractivity contribution >= 4 is 17.5 Å². The van der Waals surface area contributed by atoms with E-state index >= 15 is 0 Å². The molecule has 2 aromatic heterocycles. The van der Waals surface area contributed by atoms with Crippen molar-refractivity contribution in [2.75, 3.05) is 0 Å². The Morgan fingerprint density at radius 2 is 2.19 bits per heavy atom. The SMILES string of the molecule is C=C(C)[C@@H]1CC=C(CCC(=O)NC(=O)c2ncn3c(=O)n(C)nnc23)CC1. The number of fused-ring (bicyclic) bond motifs is 1. The molecule has 1 aliphatic carbocycles. The average molecular weight is 370 g/mol. The number of imide groups is 1. The van der Waals surface area contributed by atoms with Crippen LogP contribution in [0.3, 0.4) is 0 Å². The summed E-state index contributed by atoms with van der Waals surface area (Å²) in [5, 5.41) is 9.73. The number of aryl methyl sites for hydroxylation is 1. The molecule has 9 nitrogen and oxygen atoms in total. The van der Waals surface area contributed by atoms with Gasteiger partial charge in [-0.25, -0.2) is 14.2 Å². The van der Waals surface area contributed by atoms with E-state index in [2.05, 4.69) is 33.3 Å². The third kappa shape index (κ3) is 4.02. The summed E-state index contributed by atoms with van der Waals surface area (Å²) in [5.74, 6) is -0.557. The number of amides is 2. The molecule has 1 N–H and O–H groups in total. The van der Waals surface area contributed by atoms with Gasteiger partial charge in [0.2, 0.25) is 5.91 Å². The number of hydrogen-bond donors (Lipinski definition) is 1. The van der Waals surface area contributed by atoms with Crippen LogP contribution >= 0.6 is 0 Å². The van der Waals surface area contributed by atoms with Crippen LogP contribution < -0.4 is 11.0 Å². The maximum Gasteiger partial charge on any atom is 0.352 e. The van der Waals surface area contributed by atoms with E-state index in [1.165, 1.54) is 24.5 Å². The fraction of sp³-hybridized carbons (Fsp3) is 0.444. The first kappa shape index (κ1) is 18.7. The maximum atomic E-state index is 12.3. The highest BCUT2D eigenvalue weighted by Gasteiger charge is 2.20. The van der Waals surface area contributed by atoms with E-state index in [9.17, 15) is 14.4 Å². The average Bonchev–Trinajstić information content (AvgIpc) is 3.08. The van der Waals surface area contributed by atoms with Gasteiger partial charge in [0.05, 0.1) is 0 Å². The van der Waals surface area contributed by atoms with Crippen LogP contribution in [0.15, 0.2) is 34.9 Å². The maximum absolute atomic E-state index is 12.3. The van der Waals surface area contributed by atoms with Gasteiger partial charge in [0, 0.05) is 13.5 Å². The van der Waals surface area contributed by atoms with E-state index in [4.69, 9.17) is 0 Å². The fourth-order valence-electron chi connectivity index (χ4n) is 3.13. The molecule has 142 valence electrons. The Labute approximate surface area is 155 Å². The molecule has 0 aromatic carbocycles. The van der Waals surface area contributed by atoms with E-state index in [-0.39, 0.29) is 23.7 Å². The van der Waals surface area contributed by atoms with Gasteiger partial charge in [-0.3, -0.25) is 14.9 Å². The van der Waals surface area contributed by atoms with Gasteiger partial charge in [-0.05, 0) is 38.5 Å². The lowest BCUT2D eigenvalue weighted by Gasteiger charge is -2.22. The van der Waals surface area contributed by atoms with Crippen LogP contribution in [-0.2, 0) is 11.8 Å². The van der Waals surface area contributed by atoms with Crippen molar-refractivity contribution in [3.05, 3.63) is 46.3 Å². The molecule has 2 aromatic rings. The molecule has 0 unspecified atom stereocenters. The van der Waals surface area contributed by atoms with Crippen LogP contribution in [0.5, 0.6) is 0 Å². The van der Waals surface area contributed by atoms with Gasteiger partial charge in [0.1, 0.15) is 6.33 Å². The molecule has 3 rings (SSSR count). The van der Waals surface area contributed by atoms with Gasteiger partial charge in [-0.2, -0.15) is 4.68 Å². The molecule has 0 aliphatic heterocycles. The van der Waals surface area contributed by atoms with Crippen molar-refractivity contribution in [1.29, 1.82) is 0 Å². The minimum Gasteiger partial charge on any atom is -0.291 e. The standard InChI is InChI=1S/C18H22N6O3/c1-11(2)13-7-4-12(5-8-13)6-9-14(25)20-17(26)15-16-21-22-23(3)18(27)24(16)10-19-15/h4,10,13H,1,5-9H2,2-3H3,(H,20,25,26)/t13-/m1/s1. The van der Waals surface area contributed by atoms with Crippen LogP contribution in [0, 0.1) is 5.92 Å². The van der Waals surface area contributed by atoms with Crippen LogP contribution in [0.1, 0.15) is 49.5 Å². The van der Waals surface area contributed by atoms with Crippen molar-refractivity contribution in [1.82, 2.24) is 29.7 Å². The zero-order valence-electron chi connectivity index (χ0n) is 15.4. The lowest BCUT2D eigenvalue weighted by Crippen LogP contribution is -2.32. The summed E-state index contributed by atoms with van der Waals surface area (Å²) in [6.45, 7) is 6.04. The number of nitrogens with zero attached hydrogens (tertiary/aromatic N) is 5. The third-order valence-corrected chi connectivity index (χ3v) is 4.84. The van der Waals surface area contributed by atoms with Gasteiger partial charge < -0.3 is 0 Å². The van der Waals surface area contributed by atoms with Gasteiger partial charge in [-0.15, -0.1) is 5.10 Å². The van der Waals surface area contributed by atoms with Crippen LogP contribution in [0.25, 0.3) is 5.65 Å². The molecule has 0 bridgehead atoms. The van der Waals surface area contributed by atoms with E-state index < -0.39 is 11.6 Å². The third-order valence-electron chi connectivity index (χ3n) is 4.84. The Kier molecular flexibility index (Phi) is 5.29. The molecule has 2 amide bonds. The number of rotatable bonds is 5. The minimum absolute atomic E-state index is 0.0178. The highest BCUT2D eigenvalue weighted by atomic mass is 16.2. The molecular weight excluding hydrogens is 348 g/mol. The number of hydrogen-bond acceptors (Lipinski definition) is 6. The normalized spacial score (nSPS) is 16.8. The molecule has 1 atom stereocenters. The first-order valence-electron chi connectivity index (χ1n) is 8.81. The largest absolute Gasteiger partial charge is 0.352 e. The predicted octanol–water partition coefficient (Wildman–Crippen LogP) is 1.16. The Balaban J connectivity index is 1.59. The molecule has 27 heavy (non-hydrogen) atoms. The summed E-state index contributed by atoms with van der Waals surface area (Å²) in [4.78, 5) is 40.2. The Bertz CT molecular complexity index is 1000. The second-order valence-corrected chi connectivity index (χ2v) is 6.84. The first-order chi connectivity index (χ1) is 12.9. The number of carbonyl (C=O) groups is 2. The van der Waals surface area contributed by atoms with Gasteiger partial charge >= 0.3 is 5.69 Å². The molecule has 0 fully saturated rings. The first-order valence-corrected chi connectivity index (χ1v) is 8.81. The van der Waals surface area contributed by atoms with Gasteiger partial charge in [0.15, 0.2) is 11.3 Å². The molecule has 9 heteroatoms. The highest BCUT2D eigenvalue weighted by Crippen LogP contribution is 2.29. The summed E-state index contributed by atoms with van der Waals surface area (Å²) < 4.78 is 2.13. The highest BCUT2D eigenvalue weighted by molar-refractivity contribution is 6.06. The molecule has 0 saturated carbocycles. The fourth-order valence-corrected chi connectivity index (χ4v) is 3.13. The molecule has 1 aliphatic rings. The van der Waals surface area contributed by atoms with Crippen LogP contribution in [0.2, 0.25) is 0 Å². The summed E-state index contributed by atoms with van der Waals surface area (Å²) in [6.07, 6.45) is 7.16. The van der Waals surface area contributed by atoms with E-state index in [0.717, 1.165) is 28.3 Å².